The Hall–Kier alpha value is -1.62. The highest BCUT2D eigenvalue weighted by Gasteiger charge is 2.02. The van der Waals surface area contributed by atoms with Gasteiger partial charge in [0.15, 0.2) is 0 Å². The highest BCUT2D eigenvalue weighted by Crippen LogP contribution is 2.17. The zero-order chi connectivity index (χ0) is 9.14. The Bertz CT molecular complexity index is 361. The van der Waals surface area contributed by atoms with Crippen LogP contribution in [0.1, 0.15) is 18.1 Å². The maximum atomic E-state index is 13.0. The Labute approximate surface area is 70.8 Å². The average molecular weight is 161 g/mol. The number of hydrogen-bond acceptors (Lipinski definition) is 1. The molecule has 0 amide bonds. The second-order valence-electron chi connectivity index (χ2n) is 2.59. The quantitative estimate of drug-likeness (QED) is 0.621. The van der Waals surface area contributed by atoms with E-state index in [9.17, 15) is 4.39 Å². The molecule has 0 saturated heterocycles. The van der Waals surface area contributed by atoms with Gasteiger partial charge in [-0.25, -0.2) is 4.39 Å². The van der Waals surface area contributed by atoms with Gasteiger partial charge in [-0.15, -0.1) is 0 Å². The number of rotatable bonds is 1. The van der Waals surface area contributed by atoms with Crippen LogP contribution in [0.25, 0.3) is 5.57 Å². The lowest BCUT2D eigenvalue weighted by atomic mass is 10.1. The molecule has 0 unspecified atom stereocenters. The molecule has 0 saturated carbocycles. The fourth-order valence-electron chi connectivity index (χ4n) is 0.922. The molecule has 2 heteroatoms. The van der Waals surface area contributed by atoms with Crippen LogP contribution in [-0.2, 0) is 0 Å². The van der Waals surface area contributed by atoms with E-state index in [1.54, 1.807) is 6.92 Å². The Morgan fingerprint density at radius 1 is 1.58 bits per heavy atom. The van der Waals surface area contributed by atoms with E-state index in [4.69, 9.17) is 5.26 Å². The fraction of sp³-hybridized carbons (Fsp3) is 0.100. The Balaban J connectivity index is 3.28. The van der Waals surface area contributed by atoms with Crippen molar-refractivity contribution in [2.45, 2.75) is 6.92 Å². The lowest BCUT2D eigenvalue weighted by Crippen LogP contribution is -1.87. The molecule has 1 aromatic carbocycles. The predicted molar refractivity (Wildman–Crippen MR) is 45.8 cm³/mol. The summed E-state index contributed by atoms with van der Waals surface area (Å²) in [5, 5.41) is 8.53. The highest BCUT2D eigenvalue weighted by molar-refractivity contribution is 5.63. The summed E-state index contributed by atoms with van der Waals surface area (Å²) in [6.07, 6.45) is 0. The molecule has 0 heterocycles. The van der Waals surface area contributed by atoms with Crippen LogP contribution in [-0.4, -0.2) is 0 Å². The molecule has 0 bridgehead atoms. The summed E-state index contributed by atoms with van der Waals surface area (Å²) in [5.74, 6) is -0.332. The molecule has 0 aliphatic rings. The van der Waals surface area contributed by atoms with Gasteiger partial charge in [0.25, 0.3) is 0 Å². The molecule has 1 aromatic rings. The summed E-state index contributed by atoms with van der Waals surface area (Å²) < 4.78 is 13.0. The van der Waals surface area contributed by atoms with Crippen molar-refractivity contribution < 1.29 is 4.39 Å². The van der Waals surface area contributed by atoms with Crippen LogP contribution in [0.15, 0.2) is 24.8 Å². The minimum atomic E-state index is -0.332. The molecular weight excluding hydrogens is 153 g/mol. The molecule has 0 aliphatic carbocycles. The third-order valence-corrected chi connectivity index (χ3v) is 1.56. The molecule has 0 aliphatic heterocycles. The first kappa shape index (κ1) is 8.48. The molecule has 0 radical (unpaired) electrons. The minimum Gasteiger partial charge on any atom is -0.206 e. The van der Waals surface area contributed by atoms with Gasteiger partial charge in [0, 0.05) is 5.56 Å². The molecule has 0 fully saturated rings. The monoisotopic (exact) mass is 161 g/mol. The number of benzene rings is 1. The third kappa shape index (κ3) is 1.51. The number of halogens is 1. The lowest BCUT2D eigenvalue weighted by molar-refractivity contribution is 0.624. The van der Waals surface area contributed by atoms with Crippen LogP contribution < -0.4 is 0 Å². The highest BCUT2D eigenvalue weighted by atomic mass is 19.1. The molecule has 0 spiro atoms. The molecule has 1 nitrogen and oxygen atoms in total. The standard InChI is InChI=1S/C10H8FN/c1-7(2)9-5-8(6-12)3-4-10(9)11/h3-5H,1H2,2H3. The first-order chi connectivity index (χ1) is 5.65. The zero-order valence-corrected chi connectivity index (χ0v) is 6.76. The number of hydrogen-bond donors (Lipinski definition) is 0. The largest absolute Gasteiger partial charge is 0.206 e. The van der Waals surface area contributed by atoms with Gasteiger partial charge in [0.05, 0.1) is 11.6 Å². The molecular formula is C10H8FN. The van der Waals surface area contributed by atoms with Crippen LogP contribution in [0.5, 0.6) is 0 Å². The van der Waals surface area contributed by atoms with Crippen molar-refractivity contribution in [3.05, 3.63) is 41.7 Å². The van der Waals surface area contributed by atoms with E-state index in [1.165, 1.54) is 18.2 Å². The second kappa shape index (κ2) is 3.19. The Morgan fingerprint density at radius 2 is 2.25 bits per heavy atom. The van der Waals surface area contributed by atoms with Crippen LogP contribution in [0, 0.1) is 17.1 Å². The van der Waals surface area contributed by atoms with Crippen molar-refractivity contribution in [1.29, 1.82) is 5.26 Å². The van der Waals surface area contributed by atoms with Crippen molar-refractivity contribution in [3.63, 3.8) is 0 Å². The first-order valence-corrected chi connectivity index (χ1v) is 3.50. The molecule has 0 aromatic heterocycles. The van der Waals surface area contributed by atoms with Gasteiger partial charge in [0.2, 0.25) is 0 Å². The van der Waals surface area contributed by atoms with Crippen molar-refractivity contribution in [3.8, 4) is 6.07 Å². The summed E-state index contributed by atoms with van der Waals surface area (Å²) in [7, 11) is 0. The van der Waals surface area contributed by atoms with Crippen LogP contribution >= 0.6 is 0 Å². The predicted octanol–water partition coefficient (Wildman–Crippen LogP) is 2.73. The first-order valence-electron chi connectivity index (χ1n) is 3.50. The second-order valence-corrected chi connectivity index (χ2v) is 2.59. The molecule has 0 N–H and O–H groups in total. The van der Waals surface area contributed by atoms with Gasteiger partial charge < -0.3 is 0 Å². The summed E-state index contributed by atoms with van der Waals surface area (Å²) in [6.45, 7) is 5.32. The SMILES string of the molecule is C=C(C)c1cc(C#N)ccc1F. The van der Waals surface area contributed by atoms with Crippen molar-refractivity contribution in [2.75, 3.05) is 0 Å². The molecule has 60 valence electrons. The minimum absolute atomic E-state index is 0.332. The van der Waals surface area contributed by atoms with Crippen molar-refractivity contribution in [2.24, 2.45) is 0 Å². The van der Waals surface area contributed by atoms with Gasteiger partial charge >= 0.3 is 0 Å². The van der Waals surface area contributed by atoms with Crippen molar-refractivity contribution in [1.82, 2.24) is 0 Å². The maximum absolute atomic E-state index is 13.0. The normalized spacial score (nSPS) is 9.08. The molecule has 12 heavy (non-hydrogen) atoms. The summed E-state index contributed by atoms with van der Waals surface area (Å²) in [6, 6.07) is 6.17. The number of nitrogens with zero attached hydrogens (tertiary/aromatic N) is 1. The van der Waals surface area contributed by atoms with Gasteiger partial charge in [-0.05, 0) is 30.7 Å². The fourth-order valence-corrected chi connectivity index (χ4v) is 0.922. The van der Waals surface area contributed by atoms with E-state index in [1.807, 2.05) is 6.07 Å². The molecule has 0 atom stereocenters. The van der Waals surface area contributed by atoms with Gasteiger partial charge in [-0.1, -0.05) is 6.58 Å². The Kier molecular flexibility index (Phi) is 2.25. The van der Waals surface area contributed by atoms with E-state index in [2.05, 4.69) is 6.58 Å². The number of allylic oxidation sites excluding steroid dienone is 1. The summed E-state index contributed by atoms with van der Waals surface area (Å²) in [5.41, 5.74) is 1.49. The Morgan fingerprint density at radius 3 is 2.75 bits per heavy atom. The smallest absolute Gasteiger partial charge is 0.130 e. The van der Waals surface area contributed by atoms with E-state index in [-0.39, 0.29) is 5.82 Å². The summed E-state index contributed by atoms with van der Waals surface area (Å²) >= 11 is 0. The van der Waals surface area contributed by atoms with E-state index in [0.717, 1.165) is 0 Å². The summed E-state index contributed by atoms with van der Waals surface area (Å²) in [4.78, 5) is 0. The van der Waals surface area contributed by atoms with Crippen LogP contribution in [0.2, 0.25) is 0 Å². The van der Waals surface area contributed by atoms with Crippen LogP contribution in [0.3, 0.4) is 0 Å². The lowest BCUT2D eigenvalue weighted by Gasteiger charge is -2.00. The zero-order valence-electron chi connectivity index (χ0n) is 6.76. The van der Waals surface area contributed by atoms with E-state index >= 15 is 0 Å². The maximum Gasteiger partial charge on any atom is 0.130 e. The van der Waals surface area contributed by atoms with E-state index < -0.39 is 0 Å². The van der Waals surface area contributed by atoms with Crippen molar-refractivity contribution >= 4 is 5.57 Å². The third-order valence-electron chi connectivity index (χ3n) is 1.56. The average Bonchev–Trinajstić information content (AvgIpc) is 2.05. The van der Waals surface area contributed by atoms with Gasteiger partial charge in [0.1, 0.15) is 5.82 Å². The number of nitriles is 1. The van der Waals surface area contributed by atoms with Gasteiger partial charge in [-0.2, -0.15) is 5.26 Å². The molecule has 1 rings (SSSR count). The topological polar surface area (TPSA) is 23.8 Å². The van der Waals surface area contributed by atoms with Crippen LogP contribution in [0.4, 0.5) is 4.39 Å². The van der Waals surface area contributed by atoms with Gasteiger partial charge in [-0.3, -0.25) is 0 Å². The van der Waals surface area contributed by atoms with E-state index in [0.29, 0.717) is 16.7 Å².